The standard InChI is InChI=1S/C17H24N6O2S2/c1-6-23-14-8-7-12(27(24,25)22(4)5)9-13(14)18-15(23)10-26-17-19-16(11(2)3)20-21-17/h7-9,11H,6,10H2,1-5H3,(H,19,20,21). The van der Waals surface area contributed by atoms with Crippen LogP contribution in [0.2, 0.25) is 0 Å². The van der Waals surface area contributed by atoms with Crippen molar-refractivity contribution in [3.63, 3.8) is 0 Å². The van der Waals surface area contributed by atoms with Crippen molar-refractivity contribution in [2.45, 2.75) is 49.0 Å². The predicted octanol–water partition coefficient (Wildman–Crippen LogP) is 2.84. The monoisotopic (exact) mass is 408 g/mol. The Morgan fingerprint density at radius 1 is 1.26 bits per heavy atom. The Hall–Kier alpha value is -1.91. The van der Waals surface area contributed by atoms with Gasteiger partial charge in [0.15, 0.2) is 0 Å². The number of imidazole rings is 1. The number of hydrogen-bond acceptors (Lipinski definition) is 6. The van der Waals surface area contributed by atoms with E-state index >= 15 is 0 Å². The smallest absolute Gasteiger partial charge is 0.242 e. The van der Waals surface area contributed by atoms with Gasteiger partial charge in [-0.25, -0.2) is 22.7 Å². The molecule has 0 saturated carbocycles. The molecule has 3 aromatic rings. The van der Waals surface area contributed by atoms with Crippen LogP contribution in [0.3, 0.4) is 0 Å². The number of rotatable bonds is 7. The number of nitrogens with zero attached hydrogens (tertiary/aromatic N) is 5. The number of sulfonamides is 1. The van der Waals surface area contributed by atoms with Crippen LogP contribution in [0.1, 0.15) is 38.3 Å². The van der Waals surface area contributed by atoms with E-state index < -0.39 is 10.0 Å². The van der Waals surface area contributed by atoms with Crippen LogP contribution in [0.25, 0.3) is 11.0 Å². The van der Waals surface area contributed by atoms with Crippen LogP contribution in [0.5, 0.6) is 0 Å². The van der Waals surface area contributed by atoms with Gasteiger partial charge in [-0.3, -0.25) is 5.10 Å². The van der Waals surface area contributed by atoms with Crippen molar-refractivity contribution in [1.29, 1.82) is 0 Å². The molecule has 0 bridgehead atoms. The number of nitrogens with one attached hydrogen (secondary N) is 1. The summed E-state index contributed by atoms with van der Waals surface area (Å²) in [4.78, 5) is 9.39. The minimum atomic E-state index is -3.48. The summed E-state index contributed by atoms with van der Waals surface area (Å²) in [6, 6.07) is 5.08. The predicted molar refractivity (Wildman–Crippen MR) is 106 cm³/mol. The third kappa shape index (κ3) is 3.87. The number of hydrogen-bond donors (Lipinski definition) is 1. The van der Waals surface area contributed by atoms with Gasteiger partial charge in [-0.1, -0.05) is 25.6 Å². The van der Waals surface area contributed by atoms with E-state index in [-0.39, 0.29) is 4.90 Å². The fourth-order valence-corrected chi connectivity index (χ4v) is 4.38. The van der Waals surface area contributed by atoms with E-state index in [9.17, 15) is 8.42 Å². The van der Waals surface area contributed by atoms with E-state index in [2.05, 4.69) is 38.6 Å². The average molecular weight is 409 g/mol. The largest absolute Gasteiger partial charge is 0.328 e. The summed E-state index contributed by atoms with van der Waals surface area (Å²) in [5.74, 6) is 2.63. The zero-order valence-electron chi connectivity index (χ0n) is 16.1. The van der Waals surface area contributed by atoms with Crippen LogP contribution >= 0.6 is 11.8 Å². The van der Waals surface area contributed by atoms with Crippen molar-refractivity contribution in [3.8, 4) is 0 Å². The third-order valence-electron chi connectivity index (χ3n) is 4.25. The normalized spacial score (nSPS) is 12.6. The lowest BCUT2D eigenvalue weighted by atomic mass is 10.2. The lowest BCUT2D eigenvalue weighted by molar-refractivity contribution is 0.521. The first kappa shape index (κ1) is 19.8. The molecule has 0 unspecified atom stereocenters. The van der Waals surface area contributed by atoms with Gasteiger partial charge in [-0.2, -0.15) is 0 Å². The number of aromatic amines is 1. The summed E-state index contributed by atoms with van der Waals surface area (Å²) >= 11 is 1.51. The summed E-state index contributed by atoms with van der Waals surface area (Å²) in [5, 5.41) is 7.87. The van der Waals surface area contributed by atoms with Crippen molar-refractivity contribution < 1.29 is 8.42 Å². The molecule has 146 valence electrons. The first-order valence-corrected chi connectivity index (χ1v) is 11.1. The van der Waals surface area contributed by atoms with Crippen molar-refractivity contribution in [3.05, 3.63) is 29.8 Å². The molecule has 0 amide bonds. The fraction of sp³-hybridized carbons (Fsp3) is 0.471. The second-order valence-electron chi connectivity index (χ2n) is 6.66. The van der Waals surface area contributed by atoms with Crippen molar-refractivity contribution in [2.24, 2.45) is 0 Å². The molecule has 0 atom stereocenters. The van der Waals surface area contributed by atoms with Gasteiger partial charge in [0.1, 0.15) is 11.6 Å². The van der Waals surface area contributed by atoms with Gasteiger partial charge in [0.25, 0.3) is 0 Å². The Morgan fingerprint density at radius 3 is 2.59 bits per heavy atom. The molecule has 0 aliphatic heterocycles. The molecule has 1 N–H and O–H groups in total. The number of aromatic nitrogens is 5. The lowest BCUT2D eigenvalue weighted by Crippen LogP contribution is -2.22. The zero-order valence-corrected chi connectivity index (χ0v) is 17.7. The number of thioether (sulfide) groups is 1. The molecule has 0 radical (unpaired) electrons. The molecule has 2 heterocycles. The molecule has 0 spiro atoms. The van der Waals surface area contributed by atoms with Crippen LogP contribution in [-0.4, -0.2) is 51.6 Å². The molecule has 0 aliphatic carbocycles. The van der Waals surface area contributed by atoms with E-state index in [1.165, 1.54) is 30.2 Å². The third-order valence-corrected chi connectivity index (χ3v) is 6.91. The molecule has 3 rings (SSSR count). The van der Waals surface area contributed by atoms with Gasteiger partial charge in [0.05, 0.1) is 21.7 Å². The summed E-state index contributed by atoms with van der Waals surface area (Å²) in [7, 11) is -0.440. The Morgan fingerprint density at radius 2 is 2.00 bits per heavy atom. The summed E-state index contributed by atoms with van der Waals surface area (Å²) in [6.07, 6.45) is 0. The lowest BCUT2D eigenvalue weighted by Gasteiger charge is -2.11. The maximum Gasteiger partial charge on any atom is 0.242 e. The van der Waals surface area contributed by atoms with Crippen LogP contribution < -0.4 is 0 Å². The summed E-state index contributed by atoms with van der Waals surface area (Å²) < 4.78 is 28.0. The van der Waals surface area contributed by atoms with Crippen LogP contribution in [0, 0.1) is 0 Å². The molecule has 27 heavy (non-hydrogen) atoms. The second kappa shape index (κ2) is 7.61. The number of H-pyrrole nitrogens is 1. The average Bonchev–Trinajstić information content (AvgIpc) is 3.23. The van der Waals surface area contributed by atoms with E-state index in [0.29, 0.717) is 22.3 Å². The van der Waals surface area contributed by atoms with Gasteiger partial charge in [-0.15, -0.1) is 5.10 Å². The number of aryl methyl sites for hydroxylation is 1. The maximum absolute atomic E-state index is 12.4. The van der Waals surface area contributed by atoms with E-state index in [1.54, 1.807) is 12.1 Å². The van der Waals surface area contributed by atoms with Gasteiger partial charge in [0.2, 0.25) is 15.2 Å². The first-order valence-electron chi connectivity index (χ1n) is 8.70. The highest BCUT2D eigenvalue weighted by Crippen LogP contribution is 2.26. The number of benzene rings is 1. The molecule has 0 aliphatic rings. The van der Waals surface area contributed by atoms with Crippen molar-refractivity contribution >= 4 is 32.8 Å². The Balaban J connectivity index is 1.91. The second-order valence-corrected chi connectivity index (χ2v) is 9.75. The highest BCUT2D eigenvalue weighted by atomic mass is 32.2. The van der Waals surface area contributed by atoms with Crippen molar-refractivity contribution in [1.82, 2.24) is 29.0 Å². The molecule has 0 saturated heterocycles. The van der Waals surface area contributed by atoms with Gasteiger partial charge in [0, 0.05) is 26.6 Å². The number of fused-ring (bicyclic) bond motifs is 1. The Bertz CT molecular complexity index is 1050. The maximum atomic E-state index is 12.4. The first-order chi connectivity index (χ1) is 12.7. The van der Waals surface area contributed by atoms with Crippen LogP contribution in [-0.2, 0) is 22.3 Å². The van der Waals surface area contributed by atoms with E-state index in [4.69, 9.17) is 0 Å². The van der Waals surface area contributed by atoms with Gasteiger partial charge < -0.3 is 4.57 Å². The summed E-state index contributed by atoms with van der Waals surface area (Å²) in [6.45, 7) is 6.91. The summed E-state index contributed by atoms with van der Waals surface area (Å²) in [5.41, 5.74) is 1.59. The highest BCUT2D eigenvalue weighted by Gasteiger charge is 2.19. The van der Waals surface area contributed by atoms with E-state index in [1.807, 2.05) is 13.0 Å². The molecular formula is C17H24N6O2S2. The minimum Gasteiger partial charge on any atom is -0.328 e. The molecule has 8 nitrogen and oxygen atoms in total. The SMILES string of the molecule is CCn1c(CSc2n[nH]c(C(C)C)n2)nc2cc(S(=O)(=O)N(C)C)ccc21. The Kier molecular flexibility index (Phi) is 5.59. The molecule has 10 heteroatoms. The fourth-order valence-electron chi connectivity index (χ4n) is 2.70. The van der Waals surface area contributed by atoms with E-state index in [0.717, 1.165) is 23.7 Å². The molecule has 2 aromatic heterocycles. The van der Waals surface area contributed by atoms with Crippen LogP contribution in [0.4, 0.5) is 0 Å². The molecular weight excluding hydrogens is 384 g/mol. The quantitative estimate of drug-likeness (QED) is 0.604. The zero-order chi connectivity index (χ0) is 19.8. The molecule has 1 aromatic carbocycles. The van der Waals surface area contributed by atoms with Gasteiger partial charge >= 0.3 is 0 Å². The topological polar surface area (TPSA) is 96.8 Å². The minimum absolute atomic E-state index is 0.246. The van der Waals surface area contributed by atoms with Crippen LogP contribution in [0.15, 0.2) is 28.3 Å². The molecule has 0 fully saturated rings. The van der Waals surface area contributed by atoms with Crippen molar-refractivity contribution in [2.75, 3.05) is 14.1 Å². The Labute approximate surface area is 163 Å². The van der Waals surface area contributed by atoms with Gasteiger partial charge in [-0.05, 0) is 25.1 Å². The highest BCUT2D eigenvalue weighted by molar-refractivity contribution is 7.98.